The van der Waals surface area contributed by atoms with Crippen molar-refractivity contribution in [2.45, 2.75) is 25.8 Å². The monoisotopic (exact) mass is 523 g/mol. The minimum atomic E-state index is -0.226. The number of rotatable bonds is 7. The third-order valence-corrected chi connectivity index (χ3v) is 7.41. The fourth-order valence-corrected chi connectivity index (χ4v) is 5.18. The van der Waals surface area contributed by atoms with Gasteiger partial charge in [0.25, 0.3) is 11.8 Å². The second kappa shape index (κ2) is 10.7. The first-order chi connectivity index (χ1) is 18.7. The molecule has 39 heavy (non-hydrogen) atoms. The number of hydrogen-bond donors (Lipinski definition) is 3. The van der Waals surface area contributed by atoms with Crippen LogP contribution < -0.4 is 16.4 Å². The molecule has 1 saturated heterocycles. The number of benzene rings is 2. The normalized spacial score (nSPS) is 15.4. The highest BCUT2D eigenvalue weighted by molar-refractivity contribution is 6.08. The summed E-state index contributed by atoms with van der Waals surface area (Å²) in [5, 5.41) is 6.66. The molecule has 9 heteroatoms. The topological polar surface area (TPSA) is 118 Å². The van der Waals surface area contributed by atoms with Crippen LogP contribution in [-0.4, -0.2) is 57.4 Å². The molecule has 0 bridgehead atoms. The van der Waals surface area contributed by atoms with E-state index >= 15 is 0 Å². The van der Waals surface area contributed by atoms with Gasteiger partial charge in [-0.1, -0.05) is 30.8 Å². The lowest BCUT2D eigenvalue weighted by molar-refractivity contribution is -0.112. The second-order valence-corrected chi connectivity index (χ2v) is 10.1. The molecule has 4 N–H and O–H groups in total. The van der Waals surface area contributed by atoms with E-state index in [1.807, 2.05) is 60.1 Å². The van der Waals surface area contributed by atoms with Crippen LogP contribution in [0.1, 0.15) is 30.1 Å². The van der Waals surface area contributed by atoms with Crippen LogP contribution in [0.15, 0.2) is 67.0 Å². The molecule has 4 aromatic rings. The van der Waals surface area contributed by atoms with Crippen LogP contribution in [0.3, 0.4) is 0 Å². The van der Waals surface area contributed by atoms with Gasteiger partial charge in [-0.15, -0.1) is 0 Å². The molecule has 0 spiro atoms. The maximum absolute atomic E-state index is 12.9. The molecular weight excluding hydrogens is 490 g/mol. The smallest absolute Gasteiger partial charge is 0.251 e. The van der Waals surface area contributed by atoms with Crippen molar-refractivity contribution in [1.82, 2.24) is 24.8 Å². The molecule has 1 atom stereocenters. The lowest BCUT2D eigenvalue weighted by Gasteiger charge is -2.19. The number of aryl methyl sites for hydroxylation is 1. The first-order valence-electron chi connectivity index (χ1n) is 13.0. The van der Waals surface area contributed by atoms with Gasteiger partial charge in [0.2, 0.25) is 0 Å². The minimum absolute atomic E-state index is 0.0877. The van der Waals surface area contributed by atoms with Crippen molar-refractivity contribution in [3.63, 3.8) is 0 Å². The van der Waals surface area contributed by atoms with Crippen molar-refractivity contribution in [3.8, 4) is 22.4 Å². The Hall–Kier alpha value is -4.50. The zero-order chi connectivity index (χ0) is 27.7. The highest BCUT2D eigenvalue weighted by Crippen LogP contribution is 2.41. The number of likely N-dealkylation sites (N-methyl/N-ethyl adjacent to an activating group) is 1. The van der Waals surface area contributed by atoms with Gasteiger partial charge in [0.1, 0.15) is 17.8 Å². The molecule has 2 amide bonds. The lowest BCUT2D eigenvalue weighted by atomic mass is 9.97. The third-order valence-electron chi connectivity index (χ3n) is 7.41. The maximum Gasteiger partial charge on any atom is 0.251 e. The summed E-state index contributed by atoms with van der Waals surface area (Å²) < 4.78 is 1.99. The molecule has 3 heterocycles. The van der Waals surface area contributed by atoms with Crippen LogP contribution in [0.5, 0.6) is 0 Å². The first-order valence-corrected chi connectivity index (χ1v) is 13.0. The average molecular weight is 524 g/mol. The van der Waals surface area contributed by atoms with Crippen molar-refractivity contribution in [2.75, 3.05) is 31.2 Å². The van der Waals surface area contributed by atoms with E-state index in [2.05, 4.69) is 39.1 Å². The summed E-state index contributed by atoms with van der Waals surface area (Å²) in [6, 6.07) is 15.5. The van der Waals surface area contributed by atoms with Gasteiger partial charge >= 0.3 is 0 Å². The highest BCUT2D eigenvalue weighted by Gasteiger charge is 2.23. The lowest BCUT2D eigenvalue weighted by Crippen LogP contribution is -2.38. The molecule has 0 radical (unpaired) electrons. The summed E-state index contributed by atoms with van der Waals surface area (Å²) >= 11 is 0. The van der Waals surface area contributed by atoms with Crippen LogP contribution in [-0.2, 0) is 11.8 Å². The minimum Gasteiger partial charge on any atom is -0.383 e. The van der Waals surface area contributed by atoms with E-state index in [9.17, 15) is 9.59 Å². The van der Waals surface area contributed by atoms with Crippen LogP contribution in [0.2, 0.25) is 0 Å². The van der Waals surface area contributed by atoms with Gasteiger partial charge in [-0.05, 0) is 68.8 Å². The number of carbonyl (C=O) groups is 2. The number of anilines is 2. The van der Waals surface area contributed by atoms with Crippen molar-refractivity contribution in [2.24, 2.45) is 7.05 Å². The number of aromatic nitrogens is 3. The Morgan fingerprint density at radius 2 is 1.74 bits per heavy atom. The van der Waals surface area contributed by atoms with Gasteiger partial charge in [-0.2, -0.15) is 0 Å². The standard InChI is InChI=1S/C30H33N7O2/c1-18(2)29(38)35-22-13-11-20(12-14-22)26-24(25-27(31)33-17-34-28(25)37(26)4)19-7-9-21(10-8-19)30(39)32-16-23-6-5-15-36(23)3/h7-14,17,23H,1,5-6,15-16H2,2-4H3,(H,32,39)(H,35,38)(H2,31,33,34). The first kappa shape index (κ1) is 26.1. The Morgan fingerprint density at radius 1 is 1.05 bits per heavy atom. The van der Waals surface area contributed by atoms with Crippen molar-refractivity contribution in [1.29, 1.82) is 0 Å². The molecule has 0 aliphatic carbocycles. The molecule has 200 valence electrons. The van der Waals surface area contributed by atoms with Crippen LogP contribution in [0.4, 0.5) is 11.5 Å². The number of amides is 2. The predicted molar refractivity (Wildman–Crippen MR) is 155 cm³/mol. The second-order valence-electron chi connectivity index (χ2n) is 10.1. The summed E-state index contributed by atoms with van der Waals surface area (Å²) in [6.07, 6.45) is 3.72. The number of nitrogens with two attached hydrogens (primary N) is 1. The Balaban J connectivity index is 1.49. The molecule has 9 nitrogen and oxygen atoms in total. The van der Waals surface area contributed by atoms with Gasteiger partial charge in [-0.25, -0.2) is 9.97 Å². The number of nitrogen functional groups attached to an aromatic ring is 1. The Morgan fingerprint density at radius 3 is 2.38 bits per heavy atom. The van der Waals surface area contributed by atoms with Gasteiger partial charge in [0.15, 0.2) is 0 Å². The van der Waals surface area contributed by atoms with E-state index < -0.39 is 0 Å². The van der Waals surface area contributed by atoms with Crippen LogP contribution in [0, 0.1) is 0 Å². The summed E-state index contributed by atoms with van der Waals surface area (Å²) in [5.41, 5.74) is 12.4. The van der Waals surface area contributed by atoms with Gasteiger partial charge in [0.05, 0.1) is 11.1 Å². The molecule has 0 saturated carbocycles. The molecule has 5 rings (SSSR count). The zero-order valence-corrected chi connectivity index (χ0v) is 22.5. The number of hydrogen-bond acceptors (Lipinski definition) is 6. The number of nitrogens with one attached hydrogen (secondary N) is 2. The van der Waals surface area contributed by atoms with Crippen LogP contribution in [0.25, 0.3) is 33.4 Å². The fraction of sp³-hybridized carbons (Fsp3) is 0.267. The van der Waals surface area contributed by atoms with Crippen molar-refractivity contribution >= 4 is 34.4 Å². The van der Waals surface area contributed by atoms with E-state index in [0.717, 1.165) is 47.2 Å². The Kier molecular flexibility index (Phi) is 7.17. The largest absolute Gasteiger partial charge is 0.383 e. The van der Waals surface area contributed by atoms with Gasteiger partial charge in [0, 0.05) is 42.0 Å². The number of nitrogens with zero attached hydrogens (tertiary/aromatic N) is 4. The van der Waals surface area contributed by atoms with E-state index in [4.69, 9.17) is 5.73 Å². The zero-order valence-electron chi connectivity index (χ0n) is 22.5. The van der Waals surface area contributed by atoms with E-state index in [1.165, 1.54) is 6.33 Å². The molecule has 1 fully saturated rings. The van der Waals surface area contributed by atoms with Gasteiger partial charge in [-0.3, -0.25) is 9.59 Å². The quantitative estimate of drug-likeness (QED) is 0.312. The predicted octanol–water partition coefficient (Wildman–Crippen LogP) is 4.22. The van der Waals surface area contributed by atoms with Crippen molar-refractivity contribution < 1.29 is 9.59 Å². The SMILES string of the molecule is C=C(C)C(=O)Nc1ccc(-c2c(-c3ccc(C(=O)NCC4CCCN4C)cc3)c3c(N)ncnc3n2C)cc1. The highest BCUT2D eigenvalue weighted by atomic mass is 16.2. The number of likely N-dealkylation sites (tertiary alicyclic amines) is 1. The summed E-state index contributed by atoms with van der Waals surface area (Å²) in [5.74, 6) is 0.0652. The molecule has 2 aromatic carbocycles. The summed E-state index contributed by atoms with van der Waals surface area (Å²) in [7, 11) is 4.04. The number of carbonyl (C=O) groups excluding carboxylic acids is 2. The molecule has 2 aromatic heterocycles. The molecule has 1 unspecified atom stereocenters. The van der Waals surface area contributed by atoms with E-state index in [1.54, 1.807) is 6.92 Å². The summed E-state index contributed by atoms with van der Waals surface area (Å²) in [4.78, 5) is 35.9. The maximum atomic E-state index is 12.9. The van der Waals surface area contributed by atoms with Crippen LogP contribution >= 0.6 is 0 Å². The Labute approximate surface area is 227 Å². The summed E-state index contributed by atoms with van der Waals surface area (Å²) in [6.45, 7) is 7.06. The fourth-order valence-electron chi connectivity index (χ4n) is 5.18. The van der Waals surface area contributed by atoms with E-state index in [0.29, 0.717) is 40.9 Å². The third kappa shape index (κ3) is 5.13. The van der Waals surface area contributed by atoms with Crippen molar-refractivity contribution in [3.05, 3.63) is 72.6 Å². The number of fused-ring (bicyclic) bond motifs is 1. The average Bonchev–Trinajstić information content (AvgIpc) is 3.48. The molecule has 1 aliphatic heterocycles. The Bertz CT molecular complexity index is 1560. The van der Waals surface area contributed by atoms with E-state index in [-0.39, 0.29) is 11.8 Å². The molecule has 1 aliphatic rings. The molecular formula is C30H33N7O2. The van der Waals surface area contributed by atoms with Gasteiger partial charge < -0.3 is 25.8 Å².